The monoisotopic (exact) mass is 264 g/mol. The van der Waals surface area contributed by atoms with Crippen LogP contribution in [0.25, 0.3) is 0 Å². The summed E-state index contributed by atoms with van der Waals surface area (Å²) in [6.07, 6.45) is 3.52. The average Bonchev–Trinajstić information content (AvgIpc) is 2.38. The standard InChI is InChI=1S/C16H24O3/c1-11-9-12(2)15(14(10-11)19-4)16(17)7-5-13(18-3)6-8-16/h9-10,13,17H,5-8H2,1-4H3. The molecule has 1 aromatic rings. The van der Waals surface area contributed by atoms with E-state index >= 15 is 0 Å². The summed E-state index contributed by atoms with van der Waals surface area (Å²) in [7, 11) is 3.41. The van der Waals surface area contributed by atoms with Gasteiger partial charge in [-0.1, -0.05) is 6.07 Å². The second-order valence-corrected chi connectivity index (χ2v) is 5.63. The van der Waals surface area contributed by atoms with Gasteiger partial charge in [-0.15, -0.1) is 0 Å². The molecule has 0 aliphatic heterocycles. The number of benzene rings is 1. The molecule has 106 valence electrons. The van der Waals surface area contributed by atoms with Crippen LogP contribution >= 0.6 is 0 Å². The van der Waals surface area contributed by atoms with Crippen molar-refractivity contribution < 1.29 is 14.6 Å². The van der Waals surface area contributed by atoms with Crippen molar-refractivity contribution in [2.75, 3.05) is 14.2 Å². The molecular weight excluding hydrogens is 240 g/mol. The van der Waals surface area contributed by atoms with E-state index in [0.29, 0.717) is 0 Å². The maximum absolute atomic E-state index is 11.0. The van der Waals surface area contributed by atoms with Gasteiger partial charge in [-0.3, -0.25) is 0 Å². The van der Waals surface area contributed by atoms with E-state index in [9.17, 15) is 5.11 Å². The highest BCUT2D eigenvalue weighted by atomic mass is 16.5. The summed E-state index contributed by atoms with van der Waals surface area (Å²) < 4.78 is 10.9. The van der Waals surface area contributed by atoms with E-state index in [0.717, 1.165) is 48.1 Å². The molecule has 0 spiro atoms. The van der Waals surface area contributed by atoms with Gasteiger partial charge in [0.15, 0.2) is 0 Å². The van der Waals surface area contributed by atoms with Gasteiger partial charge in [-0.05, 0) is 56.7 Å². The van der Waals surface area contributed by atoms with E-state index in [4.69, 9.17) is 9.47 Å². The van der Waals surface area contributed by atoms with Crippen LogP contribution in [-0.4, -0.2) is 25.4 Å². The van der Waals surface area contributed by atoms with Crippen LogP contribution in [0.5, 0.6) is 5.75 Å². The minimum atomic E-state index is -0.780. The third-order valence-electron chi connectivity index (χ3n) is 4.22. The van der Waals surface area contributed by atoms with Crippen molar-refractivity contribution >= 4 is 0 Å². The quantitative estimate of drug-likeness (QED) is 0.911. The van der Waals surface area contributed by atoms with E-state index < -0.39 is 5.60 Å². The predicted octanol–water partition coefficient (Wildman–Crippen LogP) is 3.09. The third-order valence-corrected chi connectivity index (χ3v) is 4.22. The highest BCUT2D eigenvalue weighted by molar-refractivity contribution is 5.46. The second kappa shape index (κ2) is 5.51. The number of hydrogen-bond donors (Lipinski definition) is 1. The maximum atomic E-state index is 11.0. The van der Waals surface area contributed by atoms with Gasteiger partial charge in [0.1, 0.15) is 5.75 Å². The Kier molecular flexibility index (Phi) is 4.16. The van der Waals surface area contributed by atoms with Crippen LogP contribution in [0.15, 0.2) is 12.1 Å². The maximum Gasteiger partial charge on any atom is 0.125 e. The lowest BCUT2D eigenvalue weighted by Crippen LogP contribution is -2.35. The molecule has 2 rings (SSSR count). The largest absolute Gasteiger partial charge is 0.496 e. The Morgan fingerprint density at radius 1 is 1.16 bits per heavy atom. The van der Waals surface area contributed by atoms with Crippen molar-refractivity contribution in [2.45, 2.75) is 51.2 Å². The second-order valence-electron chi connectivity index (χ2n) is 5.63. The Morgan fingerprint density at radius 3 is 2.32 bits per heavy atom. The summed E-state index contributed by atoms with van der Waals surface area (Å²) >= 11 is 0. The SMILES string of the molecule is COc1cc(C)cc(C)c1C1(O)CCC(OC)CC1. The number of aliphatic hydroxyl groups is 1. The molecule has 0 atom stereocenters. The molecule has 3 nitrogen and oxygen atoms in total. The summed E-state index contributed by atoms with van der Waals surface area (Å²) in [6.45, 7) is 4.09. The number of hydrogen-bond acceptors (Lipinski definition) is 3. The van der Waals surface area contributed by atoms with Gasteiger partial charge >= 0.3 is 0 Å². The highest BCUT2D eigenvalue weighted by Crippen LogP contribution is 2.43. The van der Waals surface area contributed by atoms with E-state index in [-0.39, 0.29) is 6.10 Å². The van der Waals surface area contributed by atoms with E-state index in [1.165, 1.54) is 0 Å². The first-order valence-electron chi connectivity index (χ1n) is 6.91. The van der Waals surface area contributed by atoms with E-state index in [1.807, 2.05) is 19.9 Å². The molecule has 1 N–H and O–H groups in total. The zero-order chi connectivity index (χ0) is 14.0. The molecule has 0 radical (unpaired) electrons. The summed E-state index contributed by atoms with van der Waals surface area (Å²) in [5, 5.41) is 11.0. The number of methoxy groups -OCH3 is 2. The van der Waals surface area contributed by atoms with Gasteiger partial charge < -0.3 is 14.6 Å². The molecule has 1 aliphatic rings. The fourth-order valence-corrected chi connectivity index (χ4v) is 3.24. The Morgan fingerprint density at radius 2 is 1.79 bits per heavy atom. The summed E-state index contributed by atoms with van der Waals surface area (Å²) in [4.78, 5) is 0. The molecule has 1 saturated carbocycles. The van der Waals surface area contributed by atoms with Crippen molar-refractivity contribution in [3.8, 4) is 5.75 Å². The lowest BCUT2D eigenvalue weighted by molar-refractivity contribution is -0.0489. The average molecular weight is 264 g/mol. The number of rotatable bonds is 3. The predicted molar refractivity (Wildman–Crippen MR) is 75.6 cm³/mol. The molecule has 0 amide bonds. The van der Waals surface area contributed by atoms with Gasteiger partial charge in [0.25, 0.3) is 0 Å². The molecule has 1 aliphatic carbocycles. The first-order valence-corrected chi connectivity index (χ1v) is 6.91. The van der Waals surface area contributed by atoms with Crippen molar-refractivity contribution in [1.82, 2.24) is 0 Å². The van der Waals surface area contributed by atoms with Crippen molar-refractivity contribution in [3.05, 3.63) is 28.8 Å². The van der Waals surface area contributed by atoms with Crippen molar-refractivity contribution in [3.63, 3.8) is 0 Å². The number of ether oxygens (including phenoxy) is 2. The minimum absolute atomic E-state index is 0.275. The summed E-state index contributed by atoms with van der Waals surface area (Å²) in [5.41, 5.74) is 2.44. The van der Waals surface area contributed by atoms with E-state index in [2.05, 4.69) is 6.07 Å². The van der Waals surface area contributed by atoms with Crippen LogP contribution < -0.4 is 4.74 Å². The summed E-state index contributed by atoms with van der Waals surface area (Å²) in [6, 6.07) is 4.11. The molecule has 0 bridgehead atoms. The fraction of sp³-hybridized carbons (Fsp3) is 0.625. The van der Waals surface area contributed by atoms with Crippen LogP contribution in [0, 0.1) is 13.8 Å². The van der Waals surface area contributed by atoms with Crippen LogP contribution in [0.3, 0.4) is 0 Å². The molecule has 0 saturated heterocycles. The Balaban J connectivity index is 2.36. The van der Waals surface area contributed by atoms with E-state index in [1.54, 1.807) is 14.2 Å². The smallest absolute Gasteiger partial charge is 0.125 e. The molecule has 1 fully saturated rings. The highest BCUT2D eigenvalue weighted by Gasteiger charge is 2.38. The van der Waals surface area contributed by atoms with Gasteiger partial charge in [0, 0.05) is 12.7 Å². The van der Waals surface area contributed by atoms with Crippen LogP contribution in [0.1, 0.15) is 42.4 Å². The number of aryl methyl sites for hydroxylation is 2. The van der Waals surface area contributed by atoms with Gasteiger partial charge in [0.2, 0.25) is 0 Å². The topological polar surface area (TPSA) is 38.7 Å². The normalized spacial score (nSPS) is 27.3. The first-order chi connectivity index (χ1) is 9.00. The third kappa shape index (κ3) is 2.77. The zero-order valence-electron chi connectivity index (χ0n) is 12.3. The minimum Gasteiger partial charge on any atom is -0.496 e. The zero-order valence-corrected chi connectivity index (χ0v) is 12.3. The molecule has 1 aromatic carbocycles. The Bertz CT molecular complexity index is 446. The Labute approximate surface area is 115 Å². The molecule has 19 heavy (non-hydrogen) atoms. The van der Waals surface area contributed by atoms with Crippen molar-refractivity contribution in [1.29, 1.82) is 0 Å². The lowest BCUT2D eigenvalue weighted by Gasteiger charge is -2.37. The van der Waals surface area contributed by atoms with Crippen LogP contribution in [0.4, 0.5) is 0 Å². The first kappa shape index (κ1) is 14.4. The van der Waals surface area contributed by atoms with Gasteiger partial charge in [-0.25, -0.2) is 0 Å². The van der Waals surface area contributed by atoms with Crippen LogP contribution in [0.2, 0.25) is 0 Å². The van der Waals surface area contributed by atoms with Gasteiger partial charge in [0.05, 0.1) is 18.8 Å². The molecule has 0 heterocycles. The lowest BCUT2D eigenvalue weighted by atomic mass is 9.76. The Hall–Kier alpha value is -1.06. The molecular formula is C16H24O3. The summed E-state index contributed by atoms with van der Waals surface area (Å²) in [5.74, 6) is 0.802. The molecule has 0 aromatic heterocycles. The molecule has 0 unspecified atom stereocenters. The fourth-order valence-electron chi connectivity index (χ4n) is 3.24. The van der Waals surface area contributed by atoms with Gasteiger partial charge in [-0.2, -0.15) is 0 Å². The van der Waals surface area contributed by atoms with Crippen LogP contribution in [-0.2, 0) is 10.3 Å². The molecule has 3 heteroatoms. The van der Waals surface area contributed by atoms with Crippen molar-refractivity contribution in [2.24, 2.45) is 0 Å².